The van der Waals surface area contributed by atoms with Crippen LogP contribution in [-0.2, 0) is 11.3 Å². The van der Waals surface area contributed by atoms with E-state index in [0.29, 0.717) is 11.1 Å². The molecule has 0 N–H and O–H groups in total. The summed E-state index contributed by atoms with van der Waals surface area (Å²) in [6.07, 6.45) is -0.0412. The molecule has 0 saturated heterocycles. The first-order valence-corrected chi connectivity index (χ1v) is 7.08. The fourth-order valence-corrected chi connectivity index (χ4v) is 2.25. The summed E-state index contributed by atoms with van der Waals surface area (Å²) in [5.41, 5.74) is 0.961. The summed E-state index contributed by atoms with van der Waals surface area (Å²) >= 11 is 0. The van der Waals surface area contributed by atoms with Crippen molar-refractivity contribution in [3.63, 3.8) is 0 Å². The molecule has 0 bridgehead atoms. The molecular formula is C16H12N2O6. The predicted molar refractivity (Wildman–Crippen MR) is 83.8 cm³/mol. The van der Waals surface area contributed by atoms with Crippen molar-refractivity contribution in [2.45, 2.75) is 13.0 Å². The molecule has 0 aliphatic heterocycles. The number of aryl methyl sites for hydroxylation is 1. The Labute approximate surface area is 135 Å². The Morgan fingerprint density at radius 1 is 1.17 bits per heavy atom. The van der Waals surface area contributed by atoms with Gasteiger partial charge < -0.3 is 9.15 Å². The van der Waals surface area contributed by atoms with E-state index in [-0.39, 0.29) is 24.4 Å². The third-order valence-corrected chi connectivity index (χ3v) is 3.39. The summed E-state index contributed by atoms with van der Waals surface area (Å²) < 4.78 is 11.5. The standard InChI is InChI=1S/C16H12N2O6/c19-15(23-12-7-5-11(6-8-12)18(21)22)9-10-17-13-3-1-2-4-14(13)24-16(17)20/h1-8H,9-10H2. The Balaban J connectivity index is 1.66. The minimum Gasteiger partial charge on any atom is -0.426 e. The van der Waals surface area contributed by atoms with Crippen LogP contribution in [0.2, 0.25) is 0 Å². The van der Waals surface area contributed by atoms with Crippen molar-refractivity contribution in [2.24, 2.45) is 0 Å². The number of rotatable bonds is 5. The SMILES string of the molecule is O=C(CCn1c(=O)oc2ccccc21)Oc1ccc([N+](=O)[O-])cc1. The van der Waals surface area contributed by atoms with Crippen LogP contribution in [0.3, 0.4) is 0 Å². The van der Waals surface area contributed by atoms with Crippen molar-refractivity contribution in [3.8, 4) is 5.75 Å². The molecular weight excluding hydrogens is 316 g/mol. The van der Waals surface area contributed by atoms with Crippen LogP contribution in [0.15, 0.2) is 57.7 Å². The highest BCUT2D eigenvalue weighted by atomic mass is 16.6. The van der Waals surface area contributed by atoms with Gasteiger partial charge in [-0.1, -0.05) is 12.1 Å². The van der Waals surface area contributed by atoms with Crippen molar-refractivity contribution in [1.29, 1.82) is 0 Å². The summed E-state index contributed by atoms with van der Waals surface area (Å²) in [6, 6.07) is 12.1. The lowest BCUT2D eigenvalue weighted by molar-refractivity contribution is -0.384. The first-order chi connectivity index (χ1) is 11.5. The van der Waals surface area contributed by atoms with Crippen LogP contribution < -0.4 is 10.5 Å². The zero-order chi connectivity index (χ0) is 17.1. The lowest BCUT2D eigenvalue weighted by atomic mass is 10.3. The molecule has 24 heavy (non-hydrogen) atoms. The minimum atomic E-state index is -0.555. The Kier molecular flexibility index (Phi) is 4.11. The van der Waals surface area contributed by atoms with Gasteiger partial charge in [-0.15, -0.1) is 0 Å². The largest absolute Gasteiger partial charge is 0.426 e. The monoisotopic (exact) mass is 328 g/mol. The third-order valence-electron chi connectivity index (χ3n) is 3.39. The number of para-hydroxylation sites is 2. The molecule has 0 radical (unpaired) electrons. The number of nitrogens with zero attached hydrogens (tertiary/aromatic N) is 2. The molecule has 1 heterocycles. The summed E-state index contributed by atoms with van der Waals surface area (Å²) in [5.74, 6) is -0.893. The maximum absolute atomic E-state index is 11.9. The Morgan fingerprint density at radius 3 is 2.58 bits per heavy atom. The molecule has 0 saturated carbocycles. The molecule has 8 heteroatoms. The van der Waals surface area contributed by atoms with Crippen LogP contribution in [-0.4, -0.2) is 15.5 Å². The van der Waals surface area contributed by atoms with Gasteiger partial charge in [0.2, 0.25) is 0 Å². The summed E-state index contributed by atoms with van der Waals surface area (Å²) in [7, 11) is 0. The van der Waals surface area contributed by atoms with Crippen LogP contribution in [0.4, 0.5) is 5.69 Å². The average molecular weight is 328 g/mol. The molecule has 0 fully saturated rings. The van der Waals surface area contributed by atoms with E-state index in [4.69, 9.17) is 9.15 Å². The van der Waals surface area contributed by atoms with Crippen molar-refractivity contribution in [3.05, 3.63) is 69.2 Å². The van der Waals surface area contributed by atoms with Gasteiger partial charge in [0.25, 0.3) is 5.69 Å². The highest BCUT2D eigenvalue weighted by Crippen LogP contribution is 2.18. The number of carbonyl (C=O) groups is 1. The van der Waals surface area contributed by atoms with Gasteiger partial charge in [0.1, 0.15) is 5.75 Å². The first-order valence-electron chi connectivity index (χ1n) is 7.08. The van der Waals surface area contributed by atoms with Crippen molar-refractivity contribution >= 4 is 22.8 Å². The van der Waals surface area contributed by atoms with Gasteiger partial charge in [0, 0.05) is 18.7 Å². The Hall–Kier alpha value is -3.42. The van der Waals surface area contributed by atoms with E-state index in [1.165, 1.54) is 28.8 Å². The smallest absolute Gasteiger partial charge is 0.419 e. The highest BCUT2D eigenvalue weighted by Gasteiger charge is 2.12. The summed E-state index contributed by atoms with van der Waals surface area (Å²) in [5, 5.41) is 10.6. The number of hydrogen-bond acceptors (Lipinski definition) is 6. The van der Waals surface area contributed by atoms with Crippen LogP contribution >= 0.6 is 0 Å². The molecule has 0 aliphatic rings. The summed E-state index contributed by atoms with van der Waals surface area (Å²) in [6.45, 7) is 0.113. The minimum absolute atomic E-state index is 0.0412. The van der Waals surface area contributed by atoms with Gasteiger partial charge in [0.15, 0.2) is 5.58 Å². The number of aromatic nitrogens is 1. The topological polar surface area (TPSA) is 105 Å². The van der Waals surface area contributed by atoms with Gasteiger partial charge in [-0.05, 0) is 24.3 Å². The molecule has 122 valence electrons. The first kappa shape index (κ1) is 15.5. The summed E-state index contributed by atoms with van der Waals surface area (Å²) in [4.78, 5) is 33.7. The molecule has 0 atom stereocenters. The van der Waals surface area contributed by atoms with Crippen LogP contribution in [0.1, 0.15) is 6.42 Å². The van der Waals surface area contributed by atoms with Gasteiger partial charge in [-0.25, -0.2) is 4.79 Å². The van der Waals surface area contributed by atoms with E-state index in [0.717, 1.165) is 0 Å². The number of oxazole rings is 1. The second-order valence-electron chi connectivity index (χ2n) is 4.96. The second kappa shape index (κ2) is 6.37. The van der Waals surface area contributed by atoms with Crippen LogP contribution in [0.25, 0.3) is 11.1 Å². The molecule has 0 aliphatic carbocycles. The molecule has 2 aromatic carbocycles. The molecule has 3 aromatic rings. The van der Waals surface area contributed by atoms with E-state index in [9.17, 15) is 19.7 Å². The molecule has 0 spiro atoms. The number of non-ortho nitro benzene ring substituents is 1. The van der Waals surface area contributed by atoms with Crippen LogP contribution in [0, 0.1) is 10.1 Å². The number of nitro benzene ring substituents is 1. The van der Waals surface area contributed by atoms with Crippen molar-refractivity contribution < 1.29 is 18.9 Å². The zero-order valence-electron chi connectivity index (χ0n) is 12.4. The molecule has 0 amide bonds. The molecule has 0 unspecified atom stereocenters. The maximum Gasteiger partial charge on any atom is 0.419 e. The number of nitro groups is 1. The second-order valence-corrected chi connectivity index (χ2v) is 4.96. The quantitative estimate of drug-likeness (QED) is 0.308. The van der Waals surface area contributed by atoms with Crippen molar-refractivity contribution in [2.75, 3.05) is 0 Å². The highest BCUT2D eigenvalue weighted by molar-refractivity contribution is 5.74. The number of esters is 1. The zero-order valence-corrected chi connectivity index (χ0v) is 12.4. The van der Waals surface area contributed by atoms with E-state index in [1.54, 1.807) is 24.3 Å². The predicted octanol–water partition coefficient (Wildman–Crippen LogP) is 2.50. The number of hydrogen-bond donors (Lipinski definition) is 0. The maximum atomic E-state index is 11.9. The average Bonchev–Trinajstić information content (AvgIpc) is 2.88. The lowest BCUT2D eigenvalue weighted by Crippen LogP contribution is -2.18. The Bertz CT molecular complexity index is 955. The van der Waals surface area contributed by atoms with Crippen molar-refractivity contribution in [1.82, 2.24) is 4.57 Å². The van der Waals surface area contributed by atoms with Gasteiger partial charge in [0.05, 0.1) is 16.9 Å². The van der Waals surface area contributed by atoms with E-state index in [2.05, 4.69) is 0 Å². The number of carbonyl (C=O) groups excluding carboxylic acids is 1. The number of fused-ring (bicyclic) bond motifs is 1. The van der Waals surface area contributed by atoms with Gasteiger partial charge in [-0.2, -0.15) is 0 Å². The van der Waals surface area contributed by atoms with E-state index in [1.807, 2.05) is 0 Å². The number of benzene rings is 2. The van der Waals surface area contributed by atoms with Gasteiger partial charge >= 0.3 is 11.7 Å². The van der Waals surface area contributed by atoms with E-state index >= 15 is 0 Å². The third kappa shape index (κ3) is 3.17. The lowest BCUT2D eigenvalue weighted by Gasteiger charge is -2.04. The van der Waals surface area contributed by atoms with E-state index < -0.39 is 16.6 Å². The van der Waals surface area contributed by atoms with Gasteiger partial charge in [-0.3, -0.25) is 19.5 Å². The molecule has 8 nitrogen and oxygen atoms in total. The normalized spacial score (nSPS) is 10.7. The Morgan fingerprint density at radius 2 is 1.88 bits per heavy atom. The molecule has 1 aromatic heterocycles. The number of ether oxygens (including phenoxy) is 1. The fourth-order valence-electron chi connectivity index (χ4n) is 2.25. The fraction of sp³-hybridized carbons (Fsp3) is 0.125. The van der Waals surface area contributed by atoms with Crippen LogP contribution in [0.5, 0.6) is 5.75 Å². The molecule has 3 rings (SSSR count).